The quantitative estimate of drug-likeness (QED) is 0.934. The summed E-state index contributed by atoms with van der Waals surface area (Å²) in [6.45, 7) is 2.53. The highest BCUT2D eigenvalue weighted by molar-refractivity contribution is 9.10. The van der Waals surface area contributed by atoms with Crippen molar-refractivity contribution in [2.45, 2.75) is 13.5 Å². The molecule has 0 saturated carbocycles. The first-order valence-corrected chi connectivity index (χ1v) is 7.06. The van der Waals surface area contributed by atoms with Crippen molar-refractivity contribution in [3.63, 3.8) is 0 Å². The summed E-state index contributed by atoms with van der Waals surface area (Å²) >= 11 is 5.17. The molecule has 0 bridgehead atoms. The minimum Gasteiger partial charge on any atom is -0.378 e. The van der Waals surface area contributed by atoms with Gasteiger partial charge in [0.2, 0.25) is 0 Å². The summed E-state index contributed by atoms with van der Waals surface area (Å²) in [7, 11) is 3.50. The number of anilines is 1. The smallest absolute Gasteiger partial charge is 0.172 e. The van der Waals surface area contributed by atoms with E-state index in [1.165, 1.54) is 4.88 Å². The van der Waals surface area contributed by atoms with Gasteiger partial charge < -0.3 is 10.1 Å². The van der Waals surface area contributed by atoms with Crippen molar-refractivity contribution in [2.24, 2.45) is 0 Å². The van der Waals surface area contributed by atoms with Gasteiger partial charge in [0.1, 0.15) is 5.82 Å². The van der Waals surface area contributed by atoms with Crippen LogP contribution in [-0.2, 0) is 11.3 Å². The van der Waals surface area contributed by atoms with Crippen molar-refractivity contribution in [2.75, 3.05) is 19.5 Å². The van der Waals surface area contributed by atoms with Gasteiger partial charge in [-0.15, -0.1) is 11.3 Å². The van der Waals surface area contributed by atoms with Gasteiger partial charge in [-0.2, -0.15) is 0 Å². The van der Waals surface area contributed by atoms with Crippen molar-refractivity contribution < 1.29 is 4.74 Å². The SMILES string of the molecule is CNc1nc(-c2ccc(C)s2)nc(COC)c1Br. The predicted octanol–water partition coefficient (Wildman–Crippen LogP) is 3.46. The van der Waals surface area contributed by atoms with E-state index in [1.807, 2.05) is 13.1 Å². The summed E-state index contributed by atoms with van der Waals surface area (Å²) in [5, 5.41) is 3.06. The highest BCUT2D eigenvalue weighted by Crippen LogP contribution is 2.30. The summed E-state index contributed by atoms with van der Waals surface area (Å²) < 4.78 is 6.01. The topological polar surface area (TPSA) is 47.0 Å². The largest absolute Gasteiger partial charge is 0.378 e. The molecule has 2 rings (SSSR count). The molecule has 0 radical (unpaired) electrons. The van der Waals surface area contributed by atoms with E-state index in [9.17, 15) is 0 Å². The molecule has 0 unspecified atom stereocenters. The van der Waals surface area contributed by atoms with Crippen molar-refractivity contribution in [1.29, 1.82) is 0 Å². The van der Waals surface area contributed by atoms with Crippen LogP contribution in [0.5, 0.6) is 0 Å². The molecule has 0 spiro atoms. The molecular weight excluding hydrogens is 314 g/mol. The van der Waals surface area contributed by atoms with Crippen LogP contribution in [0.1, 0.15) is 10.6 Å². The van der Waals surface area contributed by atoms with Gasteiger partial charge >= 0.3 is 0 Å². The average molecular weight is 328 g/mol. The van der Waals surface area contributed by atoms with Gasteiger partial charge in [0.15, 0.2) is 5.82 Å². The van der Waals surface area contributed by atoms with Crippen LogP contribution in [0.15, 0.2) is 16.6 Å². The maximum absolute atomic E-state index is 5.16. The molecule has 0 aliphatic carbocycles. The standard InChI is InChI=1S/C12H14BrN3OS/c1-7-4-5-9(18-7)11-15-8(6-17-3)10(13)12(14-2)16-11/h4-5H,6H2,1-3H3,(H,14,15,16). The fraction of sp³-hybridized carbons (Fsp3) is 0.333. The molecule has 18 heavy (non-hydrogen) atoms. The van der Waals surface area contributed by atoms with Crippen LogP contribution in [0.25, 0.3) is 10.7 Å². The molecule has 2 aromatic heterocycles. The van der Waals surface area contributed by atoms with Crippen LogP contribution >= 0.6 is 27.3 Å². The minimum absolute atomic E-state index is 0.454. The molecule has 96 valence electrons. The zero-order chi connectivity index (χ0) is 13.1. The maximum Gasteiger partial charge on any atom is 0.172 e. The Morgan fingerprint density at radius 2 is 2.17 bits per heavy atom. The number of hydrogen-bond acceptors (Lipinski definition) is 5. The summed E-state index contributed by atoms with van der Waals surface area (Å²) in [4.78, 5) is 11.4. The number of thiophene rings is 1. The Kier molecular flexibility index (Phi) is 4.31. The lowest BCUT2D eigenvalue weighted by atomic mass is 10.3. The first-order chi connectivity index (χ1) is 8.65. The zero-order valence-electron chi connectivity index (χ0n) is 10.5. The molecule has 0 saturated heterocycles. The molecule has 4 nitrogen and oxygen atoms in total. The van der Waals surface area contributed by atoms with E-state index in [1.54, 1.807) is 18.4 Å². The lowest BCUT2D eigenvalue weighted by Gasteiger charge is -2.09. The molecular formula is C12H14BrN3OS. The molecule has 0 aliphatic heterocycles. The van der Waals surface area contributed by atoms with Crippen molar-refractivity contribution >= 4 is 33.1 Å². The van der Waals surface area contributed by atoms with Gasteiger partial charge in [-0.25, -0.2) is 9.97 Å². The Morgan fingerprint density at radius 3 is 2.72 bits per heavy atom. The molecule has 2 aromatic rings. The fourth-order valence-electron chi connectivity index (χ4n) is 1.56. The molecule has 1 N–H and O–H groups in total. The average Bonchev–Trinajstić information content (AvgIpc) is 2.79. The van der Waals surface area contributed by atoms with Gasteiger partial charge in [-0.1, -0.05) is 0 Å². The van der Waals surface area contributed by atoms with Gasteiger partial charge in [0.05, 0.1) is 21.7 Å². The van der Waals surface area contributed by atoms with E-state index in [0.29, 0.717) is 6.61 Å². The third-order valence-electron chi connectivity index (χ3n) is 2.40. The summed E-state index contributed by atoms with van der Waals surface area (Å²) in [6.07, 6.45) is 0. The summed E-state index contributed by atoms with van der Waals surface area (Å²) in [6, 6.07) is 4.11. The second kappa shape index (κ2) is 5.77. The Hall–Kier alpha value is -0.980. The van der Waals surface area contributed by atoms with E-state index in [2.05, 4.69) is 44.2 Å². The van der Waals surface area contributed by atoms with Crippen LogP contribution in [0, 0.1) is 6.92 Å². The van der Waals surface area contributed by atoms with Crippen LogP contribution in [0.3, 0.4) is 0 Å². The molecule has 0 aromatic carbocycles. The highest BCUT2D eigenvalue weighted by Gasteiger charge is 2.13. The van der Waals surface area contributed by atoms with Crippen molar-refractivity contribution in [3.05, 3.63) is 27.2 Å². The van der Waals surface area contributed by atoms with Crippen LogP contribution in [0.4, 0.5) is 5.82 Å². The number of nitrogens with zero attached hydrogens (tertiary/aromatic N) is 2. The molecule has 0 atom stereocenters. The molecule has 0 aliphatic rings. The zero-order valence-corrected chi connectivity index (χ0v) is 12.9. The Morgan fingerprint density at radius 1 is 1.39 bits per heavy atom. The summed E-state index contributed by atoms with van der Waals surface area (Å²) in [5.41, 5.74) is 0.845. The number of ether oxygens (including phenoxy) is 1. The van der Waals surface area contributed by atoms with Crippen molar-refractivity contribution in [1.82, 2.24) is 9.97 Å². The number of nitrogens with one attached hydrogen (secondary N) is 1. The number of aromatic nitrogens is 2. The van der Waals surface area contributed by atoms with E-state index in [-0.39, 0.29) is 0 Å². The number of aryl methyl sites for hydroxylation is 1. The first-order valence-electron chi connectivity index (χ1n) is 5.45. The molecule has 2 heterocycles. The fourth-order valence-corrected chi connectivity index (χ4v) is 2.85. The molecule has 0 fully saturated rings. The number of hydrogen-bond donors (Lipinski definition) is 1. The highest BCUT2D eigenvalue weighted by atomic mass is 79.9. The number of methoxy groups -OCH3 is 1. The first kappa shape index (κ1) is 13.5. The van der Waals surface area contributed by atoms with Gasteiger partial charge in [-0.3, -0.25) is 0 Å². The second-order valence-corrected chi connectivity index (χ2v) is 5.83. The molecule has 6 heteroatoms. The minimum atomic E-state index is 0.454. The summed E-state index contributed by atoms with van der Waals surface area (Å²) in [5.74, 6) is 1.51. The Labute approximate surface area is 119 Å². The van der Waals surface area contributed by atoms with E-state index >= 15 is 0 Å². The lowest BCUT2D eigenvalue weighted by Crippen LogP contribution is -2.03. The second-order valence-electron chi connectivity index (χ2n) is 3.75. The number of rotatable bonds is 4. The predicted molar refractivity (Wildman–Crippen MR) is 78.0 cm³/mol. The van der Waals surface area contributed by atoms with E-state index in [0.717, 1.165) is 26.7 Å². The third-order valence-corrected chi connectivity index (χ3v) is 4.23. The van der Waals surface area contributed by atoms with Crippen LogP contribution in [-0.4, -0.2) is 24.1 Å². The van der Waals surface area contributed by atoms with Crippen LogP contribution in [0.2, 0.25) is 0 Å². The monoisotopic (exact) mass is 327 g/mol. The molecule has 0 amide bonds. The Bertz CT molecular complexity index is 556. The van der Waals surface area contributed by atoms with Crippen LogP contribution < -0.4 is 5.32 Å². The van der Waals surface area contributed by atoms with E-state index < -0.39 is 0 Å². The van der Waals surface area contributed by atoms with E-state index in [4.69, 9.17) is 4.74 Å². The van der Waals surface area contributed by atoms with Crippen molar-refractivity contribution in [3.8, 4) is 10.7 Å². The lowest BCUT2D eigenvalue weighted by molar-refractivity contribution is 0.181. The van der Waals surface area contributed by atoms with Gasteiger partial charge in [0.25, 0.3) is 0 Å². The normalized spacial score (nSPS) is 10.7. The number of halogens is 1. The Balaban J connectivity index is 2.51. The maximum atomic E-state index is 5.16. The van der Waals surface area contributed by atoms with Gasteiger partial charge in [-0.05, 0) is 35.0 Å². The van der Waals surface area contributed by atoms with Gasteiger partial charge in [0, 0.05) is 19.0 Å². The third kappa shape index (κ3) is 2.71.